The molecule has 0 amide bonds. The van der Waals surface area contributed by atoms with Crippen molar-refractivity contribution >= 4 is 27.5 Å². The topological polar surface area (TPSA) is 37.3 Å². The molecular weight excluding hydrogens is 236 g/mol. The zero-order valence-electron chi connectivity index (χ0n) is 10.3. The maximum Gasteiger partial charge on any atom is 0.311 e. The molecule has 1 atom stereocenters. The maximum absolute atomic E-state index is 11.3. The monoisotopic (exact) mass is 249 g/mol. The average Bonchev–Trinajstić information content (AvgIpc) is 2.43. The third-order valence-corrected chi connectivity index (χ3v) is 3.46. The Balaban J connectivity index is 2.49. The van der Waals surface area contributed by atoms with Gasteiger partial charge >= 0.3 is 5.97 Å². The summed E-state index contributed by atoms with van der Waals surface area (Å²) in [5, 5.41) is 13.3. The van der Waals surface area contributed by atoms with Crippen LogP contribution in [0.2, 0.25) is 0 Å². The minimum atomic E-state index is -0.901. The van der Waals surface area contributed by atoms with E-state index in [2.05, 4.69) is 13.0 Å². The van der Waals surface area contributed by atoms with Crippen LogP contribution in [-0.2, 0) is 4.79 Å². The van der Waals surface area contributed by atoms with Gasteiger partial charge in [-0.3, -0.25) is 4.79 Å². The molecular formula is C17H13O2. The van der Waals surface area contributed by atoms with Crippen LogP contribution in [0.3, 0.4) is 0 Å². The summed E-state index contributed by atoms with van der Waals surface area (Å²) in [5.41, 5.74) is 0.793. The van der Waals surface area contributed by atoms with Crippen molar-refractivity contribution in [2.75, 3.05) is 0 Å². The molecule has 1 N–H and O–H groups in total. The molecule has 0 aromatic heterocycles. The van der Waals surface area contributed by atoms with E-state index in [1.165, 1.54) is 0 Å². The largest absolute Gasteiger partial charge is 0.481 e. The minimum absolute atomic E-state index is 0.768. The van der Waals surface area contributed by atoms with Gasteiger partial charge in [0.1, 0.15) is 0 Å². The molecule has 1 radical (unpaired) electrons. The number of rotatable bonds is 2. The highest BCUT2D eigenvalue weighted by atomic mass is 16.4. The SMILES string of the molecule is [CH2]C(C(=O)O)c1c2ccccc2cc2ccccc12. The minimum Gasteiger partial charge on any atom is -0.481 e. The highest BCUT2D eigenvalue weighted by Gasteiger charge is 2.19. The van der Waals surface area contributed by atoms with E-state index < -0.39 is 11.9 Å². The first kappa shape index (κ1) is 11.7. The number of carboxylic acids is 1. The van der Waals surface area contributed by atoms with Crippen molar-refractivity contribution in [3.05, 3.63) is 67.1 Å². The second kappa shape index (κ2) is 4.39. The summed E-state index contributed by atoms with van der Waals surface area (Å²) in [5.74, 6) is -1.67. The van der Waals surface area contributed by atoms with Crippen molar-refractivity contribution in [2.24, 2.45) is 0 Å². The van der Waals surface area contributed by atoms with Crippen molar-refractivity contribution in [2.45, 2.75) is 5.92 Å². The summed E-state index contributed by atoms with van der Waals surface area (Å²) in [6.45, 7) is 3.81. The lowest BCUT2D eigenvalue weighted by atomic mass is 9.89. The molecule has 0 aliphatic rings. The maximum atomic E-state index is 11.3. The van der Waals surface area contributed by atoms with Gasteiger partial charge in [-0.2, -0.15) is 0 Å². The van der Waals surface area contributed by atoms with E-state index in [1.807, 2.05) is 48.5 Å². The molecule has 3 aromatic carbocycles. The predicted octanol–water partition coefficient (Wildman–Crippen LogP) is 4.00. The Morgan fingerprint density at radius 3 is 1.89 bits per heavy atom. The van der Waals surface area contributed by atoms with E-state index in [-0.39, 0.29) is 0 Å². The number of benzene rings is 3. The number of fused-ring (bicyclic) bond motifs is 2. The number of hydrogen-bond acceptors (Lipinski definition) is 1. The molecule has 93 valence electrons. The van der Waals surface area contributed by atoms with Gasteiger partial charge in [-0.1, -0.05) is 48.5 Å². The van der Waals surface area contributed by atoms with Crippen LogP contribution in [0.5, 0.6) is 0 Å². The van der Waals surface area contributed by atoms with Crippen molar-refractivity contribution in [1.29, 1.82) is 0 Å². The van der Waals surface area contributed by atoms with Crippen molar-refractivity contribution in [1.82, 2.24) is 0 Å². The van der Waals surface area contributed by atoms with Gasteiger partial charge in [0.2, 0.25) is 0 Å². The van der Waals surface area contributed by atoms with Crippen molar-refractivity contribution in [3.63, 3.8) is 0 Å². The molecule has 0 heterocycles. The van der Waals surface area contributed by atoms with Crippen LogP contribution in [0.15, 0.2) is 54.6 Å². The summed E-state index contributed by atoms with van der Waals surface area (Å²) in [7, 11) is 0. The van der Waals surface area contributed by atoms with Crippen LogP contribution in [0.1, 0.15) is 11.5 Å². The Kier molecular flexibility index (Phi) is 2.71. The van der Waals surface area contributed by atoms with Crippen LogP contribution in [0, 0.1) is 6.92 Å². The van der Waals surface area contributed by atoms with Crippen molar-refractivity contribution < 1.29 is 9.90 Å². The van der Waals surface area contributed by atoms with Gasteiger partial charge < -0.3 is 5.11 Å². The van der Waals surface area contributed by atoms with E-state index in [9.17, 15) is 9.90 Å². The third kappa shape index (κ3) is 1.85. The highest BCUT2D eigenvalue weighted by Crippen LogP contribution is 2.33. The lowest BCUT2D eigenvalue weighted by Crippen LogP contribution is -2.09. The molecule has 0 bridgehead atoms. The van der Waals surface area contributed by atoms with Crippen LogP contribution < -0.4 is 0 Å². The number of carbonyl (C=O) groups is 1. The second-order valence-electron chi connectivity index (χ2n) is 4.62. The van der Waals surface area contributed by atoms with Crippen LogP contribution in [0.4, 0.5) is 0 Å². The van der Waals surface area contributed by atoms with Crippen molar-refractivity contribution in [3.8, 4) is 0 Å². The van der Waals surface area contributed by atoms with Gasteiger partial charge in [0.15, 0.2) is 0 Å². The molecule has 19 heavy (non-hydrogen) atoms. The fraction of sp³-hybridized carbons (Fsp3) is 0.0588. The standard InChI is InChI=1S/C17H13O2/c1-11(17(18)19)16-14-8-4-2-6-12(14)10-13-7-3-5-9-15(13)16/h2-11H,1H2,(H,18,19). The molecule has 0 aliphatic carbocycles. The first-order valence-corrected chi connectivity index (χ1v) is 6.15. The Bertz CT molecular complexity index is 720. The van der Waals surface area contributed by atoms with Gasteiger partial charge in [-0.15, -0.1) is 0 Å². The van der Waals surface area contributed by atoms with E-state index in [4.69, 9.17) is 0 Å². The Labute approximate surface area is 111 Å². The summed E-state index contributed by atoms with van der Waals surface area (Å²) < 4.78 is 0. The molecule has 0 fully saturated rings. The Hall–Kier alpha value is -2.35. The first-order valence-electron chi connectivity index (χ1n) is 6.15. The predicted molar refractivity (Wildman–Crippen MR) is 77.2 cm³/mol. The molecule has 2 nitrogen and oxygen atoms in total. The molecule has 0 saturated heterocycles. The van der Waals surface area contributed by atoms with Gasteiger partial charge in [0.05, 0.1) is 5.92 Å². The van der Waals surface area contributed by atoms with Gasteiger partial charge in [0, 0.05) is 0 Å². The van der Waals surface area contributed by atoms with Crippen LogP contribution >= 0.6 is 0 Å². The zero-order valence-corrected chi connectivity index (χ0v) is 10.3. The third-order valence-electron chi connectivity index (χ3n) is 3.46. The van der Waals surface area contributed by atoms with E-state index in [1.54, 1.807) is 0 Å². The van der Waals surface area contributed by atoms with Gasteiger partial charge in [0.25, 0.3) is 0 Å². The Morgan fingerprint density at radius 1 is 0.947 bits per heavy atom. The molecule has 3 rings (SSSR count). The molecule has 3 aromatic rings. The number of carboxylic acid groups (broad SMARTS) is 1. The Morgan fingerprint density at radius 2 is 1.42 bits per heavy atom. The summed E-state index contributed by atoms with van der Waals surface area (Å²) in [4.78, 5) is 11.3. The quantitative estimate of drug-likeness (QED) is 0.697. The number of aliphatic carboxylic acids is 1. The van der Waals surface area contributed by atoms with E-state index >= 15 is 0 Å². The zero-order chi connectivity index (χ0) is 13.4. The normalized spacial score (nSPS) is 12.7. The second-order valence-corrected chi connectivity index (χ2v) is 4.62. The molecule has 0 spiro atoms. The van der Waals surface area contributed by atoms with Gasteiger partial charge in [-0.05, 0) is 40.1 Å². The molecule has 0 aliphatic heterocycles. The summed E-state index contributed by atoms with van der Waals surface area (Å²) >= 11 is 0. The van der Waals surface area contributed by atoms with Crippen LogP contribution in [0.25, 0.3) is 21.5 Å². The molecule has 0 saturated carbocycles. The molecule has 2 heteroatoms. The average molecular weight is 249 g/mol. The summed E-state index contributed by atoms with van der Waals surface area (Å²) in [6, 6.07) is 17.8. The lowest BCUT2D eigenvalue weighted by molar-refractivity contribution is -0.137. The van der Waals surface area contributed by atoms with Crippen LogP contribution in [-0.4, -0.2) is 11.1 Å². The van der Waals surface area contributed by atoms with E-state index in [0.717, 1.165) is 27.1 Å². The lowest BCUT2D eigenvalue weighted by Gasteiger charge is -2.14. The van der Waals surface area contributed by atoms with E-state index in [0.29, 0.717) is 0 Å². The summed E-state index contributed by atoms with van der Waals surface area (Å²) in [6.07, 6.45) is 0. The highest BCUT2D eigenvalue weighted by molar-refractivity contribution is 6.05. The fourth-order valence-electron chi connectivity index (χ4n) is 2.55. The fourth-order valence-corrected chi connectivity index (χ4v) is 2.55. The smallest absolute Gasteiger partial charge is 0.311 e. The van der Waals surface area contributed by atoms with Gasteiger partial charge in [-0.25, -0.2) is 0 Å². The molecule has 1 unspecified atom stereocenters. The number of hydrogen-bond donors (Lipinski definition) is 1. The first-order chi connectivity index (χ1) is 9.18.